The predicted octanol–water partition coefficient (Wildman–Crippen LogP) is 3.74. The highest BCUT2D eigenvalue weighted by atomic mass is 16.5. The van der Waals surface area contributed by atoms with Gasteiger partial charge in [-0.1, -0.05) is 37.1 Å². The monoisotopic (exact) mass is 354 g/mol. The molecule has 3 rings (SSSR count). The minimum atomic E-state index is -0.203. The molecule has 0 atom stereocenters. The molecule has 26 heavy (non-hydrogen) atoms. The minimum Gasteiger partial charge on any atom is -0.493 e. The van der Waals surface area contributed by atoms with Crippen LogP contribution >= 0.6 is 0 Å². The molecule has 2 N–H and O–H groups in total. The van der Waals surface area contributed by atoms with Gasteiger partial charge in [0.15, 0.2) is 18.1 Å². The second-order valence-corrected chi connectivity index (χ2v) is 6.55. The number of hydrogen-bond acceptors (Lipinski definition) is 4. The second kappa shape index (κ2) is 9.25. The van der Waals surface area contributed by atoms with Crippen LogP contribution in [0.25, 0.3) is 0 Å². The molecule has 0 saturated heterocycles. The van der Waals surface area contributed by atoms with Crippen molar-refractivity contribution in [1.82, 2.24) is 5.32 Å². The van der Waals surface area contributed by atoms with E-state index in [1.165, 1.54) is 25.7 Å². The molecular weight excluding hydrogens is 328 g/mol. The third-order valence-corrected chi connectivity index (χ3v) is 4.59. The average Bonchev–Trinajstić information content (AvgIpc) is 3.19. The van der Waals surface area contributed by atoms with E-state index >= 15 is 0 Å². The summed E-state index contributed by atoms with van der Waals surface area (Å²) in [6.07, 6.45) is 5.15. The standard InChI is InChI=1S/C21H26N2O3/c1-25-20-13-16(14-22-17-7-5-6-8-17)11-12-19(20)26-15-21(24)23-18-9-3-2-4-10-18/h2-4,9-13,17,22H,5-8,14-15H2,1H3,(H,23,24). The van der Waals surface area contributed by atoms with Crippen LogP contribution in [0.5, 0.6) is 11.5 Å². The zero-order valence-electron chi connectivity index (χ0n) is 15.2. The topological polar surface area (TPSA) is 59.6 Å². The molecule has 138 valence electrons. The average molecular weight is 354 g/mol. The van der Waals surface area contributed by atoms with Crippen molar-refractivity contribution in [3.63, 3.8) is 0 Å². The molecule has 1 aliphatic rings. The van der Waals surface area contributed by atoms with E-state index in [1.54, 1.807) is 7.11 Å². The largest absolute Gasteiger partial charge is 0.493 e. The molecule has 5 nitrogen and oxygen atoms in total. The number of amides is 1. The first-order valence-electron chi connectivity index (χ1n) is 9.12. The van der Waals surface area contributed by atoms with E-state index in [2.05, 4.69) is 10.6 Å². The molecule has 0 radical (unpaired) electrons. The molecule has 1 fully saturated rings. The van der Waals surface area contributed by atoms with Gasteiger partial charge in [-0.05, 0) is 42.7 Å². The first kappa shape index (κ1) is 18.3. The molecule has 0 spiro atoms. The Morgan fingerprint density at radius 1 is 1.08 bits per heavy atom. The molecule has 0 aromatic heterocycles. The first-order chi connectivity index (χ1) is 12.7. The first-order valence-corrected chi connectivity index (χ1v) is 9.12. The highest BCUT2D eigenvalue weighted by molar-refractivity contribution is 5.91. The lowest BCUT2D eigenvalue weighted by atomic mass is 10.1. The van der Waals surface area contributed by atoms with Crippen LogP contribution in [0.3, 0.4) is 0 Å². The molecule has 1 amide bonds. The van der Waals surface area contributed by atoms with Crippen LogP contribution < -0.4 is 20.1 Å². The summed E-state index contributed by atoms with van der Waals surface area (Å²) in [4.78, 5) is 12.0. The van der Waals surface area contributed by atoms with Gasteiger partial charge in [-0.3, -0.25) is 4.79 Å². The predicted molar refractivity (Wildman–Crippen MR) is 103 cm³/mol. The quantitative estimate of drug-likeness (QED) is 0.758. The summed E-state index contributed by atoms with van der Waals surface area (Å²) in [5.41, 5.74) is 1.90. The lowest BCUT2D eigenvalue weighted by Gasteiger charge is -2.14. The molecule has 1 aliphatic carbocycles. The lowest BCUT2D eigenvalue weighted by Crippen LogP contribution is -2.25. The van der Waals surface area contributed by atoms with Gasteiger partial charge < -0.3 is 20.1 Å². The van der Waals surface area contributed by atoms with Gasteiger partial charge >= 0.3 is 0 Å². The van der Waals surface area contributed by atoms with Crippen molar-refractivity contribution in [2.24, 2.45) is 0 Å². The smallest absolute Gasteiger partial charge is 0.262 e. The number of carbonyl (C=O) groups is 1. The molecule has 5 heteroatoms. The molecule has 0 heterocycles. The number of para-hydroxylation sites is 1. The number of rotatable bonds is 8. The van der Waals surface area contributed by atoms with Crippen molar-refractivity contribution in [2.75, 3.05) is 19.0 Å². The summed E-state index contributed by atoms with van der Waals surface area (Å²) in [5.74, 6) is 1.01. The van der Waals surface area contributed by atoms with E-state index in [9.17, 15) is 4.79 Å². The number of ether oxygens (including phenoxy) is 2. The Bertz CT molecular complexity index is 712. The summed E-state index contributed by atoms with van der Waals surface area (Å²) in [6, 6.07) is 15.8. The molecule has 2 aromatic rings. The van der Waals surface area contributed by atoms with Gasteiger partial charge in [0.2, 0.25) is 0 Å². The number of carbonyl (C=O) groups excluding carboxylic acids is 1. The van der Waals surface area contributed by atoms with Gasteiger partial charge in [-0.15, -0.1) is 0 Å². The summed E-state index contributed by atoms with van der Waals surface area (Å²) in [6.45, 7) is 0.751. The maximum Gasteiger partial charge on any atom is 0.262 e. The summed E-state index contributed by atoms with van der Waals surface area (Å²) >= 11 is 0. The summed E-state index contributed by atoms with van der Waals surface area (Å²) in [5, 5.41) is 6.38. The summed E-state index contributed by atoms with van der Waals surface area (Å²) in [7, 11) is 1.61. The summed E-state index contributed by atoms with van der Waals surface area (Å²) < 4.78 is 11.1. The SMILES string of the molecule is COc1cc(CNC2CCCC2)ccc1OCC(=O)Nc1ccccc1. The lowest BCUT2D eigenvalue weighted by molar-refractivity contribution is -0.118. The fraction of sp³-hybridized carbons (Fsp3) is 0.381. The van der Waals surface area contributed by atoms with Crippen LogP contribution in [0.2, 0.25) is 0 Å². The van der Waals surface area contributed by atoms with Gasteiger partial charge in [-0.2, -0.15) is 0 Å². The number of anilines is 1. The molecule has 0 aliphatic heterocycles. The van der Waals surface area contributed by atoms with Gasteiger partial charge in [0, 0.05) is 18.3 Å². The van der Waals surface area contributed by atoms with E-state index in [1.807, 2.05) is 48.5 Å². The minimum absolute atomic E-state index is 0.0646. The molecule has 0 bridgehead atoms. The van der Waals surface area contributed by atoms with E-state index < -0.39 is 0 Å². The van der Waals surface area contributed by atoms with Crippen molar-refractivity contribution < 1.29 is 14.3 Å². The van der Waals surface area contributed by atoms with Crippen LogP contribution in [0.4, 0.5) is 5.69 Å². The number of nitrogens with one attached hydrogen (secondary N) is 2. The Morgan fingerprint density at radius 3 is 2.58 bits per heavy atom. The Kier molecular flexibility index (Phi) is 6.50. The van der Waals surface area contributed by atoms with Crippen LogP contribution in [-0.4, -0.2) is 25.7 Å². The van der Waals surface area contributed by atoms with Gasteiger partial charge in [0.1, 0.15) is 0 Å². The highest BCUT2D eigenvalue weighted by Gasteiger charge is 2.14. The van der Waals surface area contributed by atoms with Crippen molar-refractivity contribution in [2.45, 2.75) is 38.3 Å². The Labute approximate surface area is 154 Å². The van der Waals surface area contributed by atoms with Crippen LogP contribution in [0, 0.1) is 0 Å². The molecule has 2 aromatic carbocycles. The maximum atomic E-state index is 12.0. The van der Waals surface area contributed by atoms with Crippen molar-refractivity contribution in [3.05, 3.63) is 54.1 Å². The van der Waals surface area contributed by atoms with Gasteiger partial charge in [0.05, 0.1) is 7.11 Å². The van der Waals surface area contributed by atoms with E-state index in [0.717, 1.165) is 17.8 Å². The normalized spacial score (nSPS) is 14.2. The van der Waals surface area contributed by atoms with Crippen LogP contribution in [0.1, 0.15) is 31.2 Å². The highest BCUT2D eigenvalue weighted by Crippen LogP contribution is 2.28. The fourth-order valence-electron chi connectivity index (χ4n) is 3.20. The van der Waals surface area contributed by atoms with Gasteiger partial charge in [-0.25, -0.2) is 0 Å². The van der Waals surface area contributed by atoms with Crippen LogP contribution in [-0.2, 0) is 11.3 Å². The number of methoxy groups -OCH3 is 1. The van der Waals surface area contributed by atoms with E-state index in [4.69, 9.17) is 9.47 Å². The van der Waals surface area contributed by atoms with Crippen molar-refractivity contribution >= 4 is 11.6 Å². The third kappa shape index (κ3) is 5.23. The van der Waals surface area contributed by atoms with Gasteiger partial charge in [0.25, 0.3) is 5.91 Å². The zero-order valence-corrected chi connectivity index (χ0v) is 15.2. The van der Waals surface area contributed by atoms with E-state index in [0.29, 0.717) is 17.5 Å². The van der Waals surface area contributed by atoms with Crippen molar-refractivity contribution in [3.8, 4) is 11.5 Å². The zero-order chi connectivity index (χ0) is 18.2. The Balaban J connectivity index is 1.52. The van der Waals surface area contributed by atoms with Crippen molar-refractivity contribution in [1.29, 1.82) is 0 Å². The molecular formula is C21H26N2O3. The number of hydrogen-bond donors (Lipinski definition) is 2. The van der Waals surface area contributed by atoms with E-state index in [-0.39, 0.29) is 12.5 Å². The third-order valence-electron chi connectivity index (χ3n) is 4.59. The second-order valence-electron chi connectivity index (χ2n) is 6.55. The fourth-order valence-corrected chi connectivity index (χ4v) is 3.20. The Hall–Kier alpha value is -2.53. The molecule has 1 saturated carbocycles. The molecule has 0 unspecified atom stereocenters. The maximum absolute atomic E-state index is 12.0. The number of benzene rings is 2. The Morgan fingerprint density at radius 2 is 1.85 bits per heavy atom. The van der Waals surface area contributed by atoms with Crippen LogP contribution in [0.15, 0.2) is 48.5 Å².